The highest BCUT2D eigenvalue weighted by molar-refractivity contribution is 5.75. The van der Waals surface area contributed by atoms with E-state index >= 15 is 0 Å². The van der Waals surface area contributed by atoms with Crippen LogP contribution in [0.25, 0.3) is 0 Å². The Labute approximate surface area is 160 Å². The van der Waals surface area contributed by atoms with Gasteiger partial charge in [-0.1, -0.05) is 48.5 Å². The van der Waals surface area contributed by atoms with Crippen molar-refractivity contribution in [2.45, 2.75) is 20.5 Å². The zero-order chi connectivity index (χ0) is 19.1. The smallest absolute Gasteiger partial charge is 0.245 e. The van der Waals surface area contributed by atoms with Crippen LogP contribution >= 0.6 is 0 Å². The van der Waals surface area contributed by atoms with Gasteiger partial charge in [0, 0.05) is 12.2 Å². The SMILES string of the molecule is Cc1nc(Oc2ccccc2)c(NCCOCc2ccccc2)c(N)c1C. The standard InChI is InChI=1S/C22H25N3O2/c1-16-17(2)25-22(27-19-11-7-4-8-12-19)21(20(16)23)24-13-14-26-15-18-9-5-3-6-10-18/h3-12,24H,13-15H2,1-2H3,(H2,23,25). The van der Waals surface area contributed by atoms with Crippen LogP contribution in [0, 0.1) is 13.8 Å². The number of ether oxygens (including phenoxy) is 2. The number of rotatable bonds is 8. The molecule has 0 aliphatic rings. The molecule has 0 unspecified atom stereocenters. The summed E-state index contributed by atoms with van der Waals surface area (Å²) in [6.07, 6.45) is 0. The summed E-state index contributed by atoms with van der Waals surface area (Å²) in [4.78, 5) is 4.57. The average Bonchev–Trinajstić information content (AvgIpc) is 2.70. The quantitative estimate of drug-likeness (QED) is 0.568. The minimum Gasteiger partial charge on any atom is -0.437 e. The van der Waals surface area contributed by atoms with Crippen molar-refractivity contribution < 1.29 is 9.47 Å². The van der Waals surface area contributed by atoms with E-state index in [2.05, 4.69) is 10.3 Å². The molecular formula is C22H25N3O2. The second kappa shape index (κ2) is 9.05. The maximum Gasteiger partial charge on any atom is 0.245 e. The highest BCUT2D eigenvalue weighted by Crippen LogP contribution is 2.35. The summed E-state index contributed by atoms with van der Waals surface area (Å²) >= 11 is 0. The highest BCUT2D eigenvalue weighted by Gasteiger charge is 2.15. The predicted octanol–water partition coefficient (Wildman–Crippen LogP) is 4.70. The van der Waals surface area contributed by atoms with Crippen molar-refractivity contribution in [3.05, 3.63) is 77.5 Å². The van der Waals surface area contributed by atoms with Crippen molar-refractivity contribution in [1.82, 2.24) is 4.98 Å². The summed E-state index contributed by atoms with van der Waals surface area (Å²) in [5, 5.41) is 3.32. The highest BCUT2D eigenvalue weighted by atomic mass is 16.5. The van der Waals surface area contributed by atoms with Gasteiger partial charge in [0.25, 0.3) is 0 Å². The van der Waals surface area contributed by atoms with Gasteiger partial charge in [-0.3, -0.25) is 0 Å². The summed E-state index contributed by atoms with van der Waals surface area (Å²) in [6, 6.07) is 19.7. The van der Waals surface area contributed by atoms with E-state index in [1.54, 1.807) is 0 Å². The van der Waals surface area contributed by atoms with Gasteiger partial charge in [0.15, 0.2) is 0 Å². The largest absolute Gasteiger partial charge is 0.437 e. The molecule has 0 aliphatic heterocycles. The Balaban J connectivity index is 1.65. The number of nitrogens with two attached hydrogens (primary N) is 1. The van der Waals surface area contributed by atoms with Gasteiger partial charge < -0.3 is 20.5 Å². The van der Waals surface area contributed by atoms with Crippen LogP contribution in [0.5, 0.6) is 11.6 Å². The van der Waals surface area contributed by atoms with Crippen LogP contribution in [0.1, 0.15) is 16.8 Å². The van der Waals surface area contributed by atoms with E-state index in [4.69, 9.17) is 15.2 Å². The summed E-state index contributed by atoms with van der Waals surface area (Å²) in [6.45, 7) is 5.62. The molecule has 5 heteroatoms. The van der Waals surface area contributed by atoms with E-state index in [1.807, 2.05) is 74.5 Å². The summed E-state index contributed by atoms with van der Waals surface area (Å²) in [7, 11) is 0. The van der Waals surface area contributed by atoms with Crippen molar-refractivity contribution in [2.75, 3.05) is 24.2 Å². The molecule has 0 fully saturated rings. The molecule has 0 amide bonds. The van der Waals surface area contributed by atoms with E-state index in [1.165, 1.54) is 0 Å². The molecule has 0 saturated heterocycles. The van der Waals surface area contributed by atoms with Crippen molar-refractivity contribution in [2.24, 2.45) is 0 Å². The predicted molar refractivity (Wildman–Crippen MR) is 109 cm³/mol. The molecule has 0 spiro atoms. The van der Waals surface area contributed by atoms with Gasteiger partial charge in [-0.05, 0) is 37.1 Å². The lowest BCUT2D eigenvalue weighted by Crippen LogP contribution is -2.13. The van der Waals surface area contributed by atoms with E-state index in [0.29, 0.717) is 37.0 Å². The van der Waals surface area contributed by atoms with Gasteiger partial charge in [-0.25, -0.2) is 4.98 Å². The number of aromatic nitrogens is 1. The van der Waals surface area contributed by atoms with Crippen LogP contribution in [0.2, 0.25) is 0 Å². The van der Waals surface area contributed by atoms with Gasteiger partial charge in [0.2, 0.25) is 5.88 Å². The normalized spacial score (nSPS) is 10.6. The van der Waals surface area contributed by atoms with Gasteiger partial charge >= 0.3 is 0 Å². The molecule has 0 atom stereocenters. The van der Waals surface area contributed by atoms with Gasteiger partial charge in [0.1, 0.15) is 11.4 Å². The molecule has 3 rings (SSSR count). The Kier molecular flexibility index (Phi) is 6.28. The molecule has 0 aliphatic carbocycles. The lowest BCUT2D eigenvalue weighted by atomic mass is 10.1. The Hall–Kier alpha value is -3.05. The van der Waals surface area contributed by atoms with E-state index in [-0.39, 0.29) is 0 Å². The van der Waals surface area contributed by atoms with E-state index in [9.17, 15) is 0 Å². The second-order valence-corrected chi connectivity index (χ2v) is 6.30. The molecule has 2 aromatic carbocycles. The number of anilines is 2. The first-order chi connectivity index (χ1) is 13.1. The van der Waals surface area contributed by atoms with Crippen LogP contribution in [0.15, 0.2) is 60.7 Å². The third kappa shape index (κ3) is 4.99. The number of para-hydroxylation sites is 1. The molecule has 5 nitrogen and oxygen atoms in total. The molecular weight excluding hydrogens is 338 g/mol. The zero-order valence-corrected chi connectivity index (χ0v) is 15.7. The monoisotopic (exact) mass is 363 g/mol. The molecule has 1 aromatic heterocycles. The van der Waals surface area contributed by atoms with Crippen molar-refractivity contribution in [1.29, 1.82) is 0 Å². The van der Waals surface area contributed by atoms with Crippen LogP contribution in [0.4, 0.5) is 11.4 Å². The number of hydrogen-bond donors (Lipinski definition) is 2. The van der Waals surface area contributed by atoms with Crippen LogP contribution < -0.4 is 15.8 Å². The van der Waals surface area contributed by atoms with E-state index in [0.717, 1.165) is 22.6 Å². The third-order valence-electron chi connectivity index (χ3n) is 4.32. The molecule has 0 bridgehead atoms. The zero-order valence-electron chi connectivity index (χ0n) is 15.7. The Bertz CT molecular complexity index is 868. The Morgan fingerprint density at radius 1 is 0.963 bits per heavy atom. The summed E-state index contributed by atoms with van der Waals surface area (Å²) < 4.78 is 11.7. The fourth-order valence-corrected chi connectivity index (χ4v) is 2.65. The number of benzene rings is 2. The molecule has 0 saturated carbocycles. The Morgan fingerprint density at radius 2 is 1.63 bits per heavy atom. The molecule has 140 valence electrons. The van der Waals surface area contributed by atoms with Crippen LogP contribution in [0.3, 0.4) is 0 Å². The van der Waals surface area contributed by atoms with Crippen molar-refractivity contribution in [3.8, 4) is 11.6 Å². The van der Waals surface area contributed by atoms with Crippen molar-refractivity contribution in [3.63, 3.8) is 0 Å². The van der Waals surface area contributed by atoms with Crippen LogP contribution in [-0.4, -0.2) is 18.1 Å². The fraction of sp³-hybridized carbons (Fsp3) is 0.227. The lowest BCUT2D eigenvalue weighted by Gasteiger charge is -2.17. The first-order valence-corrected chi connectivity index (χ1v) is 9.00. The second-order valence-electron chi connectivity index (χ2n) is 6.30. The number of hydrogen-bond acceptors (Lipinski definition) is 5. The number of nitrogens with zero attached hydrogens (tertiary/aromatic N) is 1. The minimum atomic E-state index is 0.477. The number of nitrogen functional groups attached to an aromatic ring is 1. The number of nitrogens with one attached hydrogen (secondary N) is 1. The first-order valence-electron chi connectivity index (χ1n) is 9.00. The molecule has 3 N–H and O–H groups in total. The molecule has 1 heterocycles. The Morgan fingerprint density at radius 3 is 2.33 bits per heavy atom. The lowest BCUT2D eigenvalue weighted by molar-refractivity contribution is 0.130. The third-order valence-corrected chi connectivity index (χ3v) is 4.32. The molecule has 0 radical (unpaired) electrons. The van der Waals surface area contributed by atoms with Crippen LogP contribution in [-0.2, 0) is 11.3 Å². The van der Waals surface area contributed by atoms with Gasteiger partial charge in [-0.15, -0.1) is 0 Å². The fourth-order valence-electron chi connectivity index (χ4n) is 2.65. The van der Waals surface area contributed by atoms with Gasteiger partial charge in [-0.2, -0.15) is 0 Å². The minimum absolute atomic E-state index is 0.477. The molecule has 3 aromatic rings. The number of pyridine rings is 1. The summed E-state index contributed by atoms with van der Waals surface area (Å²) in [5.41, 5.74) is 10.6. The van der Waals surface area contributed by atoms with E-state index < -0.39 is 0 Å². The maximum absolute atomic E-state index is 6.32. The first kappa shape index (κ1) is 18.7. The topological polar surface area (TPSA) is 69.4 Å². The van der Waals surface area contributed by atoms with Crippen molar-refractivity contribution >= 4 is 11.4 Å². The van der Waals surface area contributed by atoms with Gasteiger partial charge in [0.05, 0.1) is 18.9 Å². The molecule has 27 heavy (non-hydrogen) atoms. The summed E-state index contributed by atoms with van der Waals surface area (Å²) in [5.74, 6) is 1.20. The number of aryl methyl sites for hydroxylation is 1. The maximum atomic E-state index is 6.32. The average molecular weight is 363 g/mol.